The lowest BCUT2D eigenvalue weighted by Gasteiger charge is -2.52. The van der Waals surface area contributed by atoms with Gasteiger partial charge in [0.2, 0.25) is 0 Å². The highest BCUT2D eigenvalue weighted by Gasteiger charge is 2.50. The van der Waals surface area contributed by atoms with Crippen LogP contribution in [0.15, 0.2) is 47.1 Å². The van der Waals surface area contributed by atoms with E-state index >= 15 is 0 Å². The molecule has 2 aromatic rings. The van der Waals surface area contributed by atoms with Crippen molar-refractivity contribution in [1.29, 1.82) is 0 Å². The maximum absolute atomic E-state index is 13.2. The van der Waals surface area contributed by atoms with Crippen LogP contribution in [0.4, 0.5) is 5.69 Å². The highest BCUT2D eigenvalue weighted by molar-refractivity contribution is 5.92. The zero-order valence-corrected chi connectivity index (χ0v) is 17.5. The molecule has 1 aliphatic heterocycles. The van der Waals surface area contributed by atoms with Gasteiger partial charge in [-0.05, 0) is 62.9 Å². The molecular weight excluding hydrogens is 364 g/mol. The molecule has 0 bridgehead atoms. The van der Waals surface area contributed by atoms with E-state index in [0.29, 0.717) is 18.7 Å². The third-order valence-electron chi connectivity index (χ3n) is 6.92. The molecule has 156 valence electrons. The van der Waals surface area contributed by atoms with Crippen molar-refractivity contribution in [3.05, 3.63) is 54.0 Å². The number of piperidine rings is 1. The third kappa shape index (κ3) is 3.68. The first kappa shape index (κ1) is 20.0. The number of furan rings is 1. The second-order valence-electron chi connectivity index (χ2n) is 8.39. The van der Waals surface area contributed by atoms with Gasteiger partial charge in [-0.1, -0.05) is 25.0 Å². The number of amides is 1. The van der Waals surface area contributed by atoms with Gasteiger partial charge in [0.1, 0.15) is 0 Å². The Balaban J connectivity index is 1.70. The van der Waals surface area contributed by atoms with Crippen molar-refractivity contribution >= 4 is 11.6 Å². The lowest BCUT2D eigenvalue weighted by molar-refractivity contribution is -0.115. The van der Waals surface area contributed by atoms with Crippen LogP contribution in [-0.4, -0.2) is 41.1 Å². The molecule has 5 nitrogen and oxygen atoms in total. The van der Waals surface area contributed by atoms with Crippen LogP contribution >= 0.6 is 0 Å². The Bertz CT molecular complexity index is 813. The van der Waals surface area contributed by atoms with Crippen molar-refractivity contribution < 1.29 is 14.3 Å². The Labute approximate surface area is 173 Å². The second kappa shape index (κ2) is 8.23. The number of rotatable bonds is 5. The summed E-state index contributed by atoms with van der Waals surface area (Å²) in [4.78, 5) is 17.5. The second-order valence-corrected chi connectivity index (χ2v) is 8.39. The van der Waals surface area contributed by atoms with Crippen molar-refractivity contribution in [2.45, 2.75) is 57.6 Å². The van der Waals surface area contributed by atoms with Crippen LogP contribution in [0.5, 0.6) is 0 Å². The number of carbonyl (C=O) groups is 1. The molecule has 0 unspecified atom stereocenters. The van der Waals surface area contributed by atoms with Gasteiger partial charge in [0.15, 0.2) is 5.76 Å². The van der Waals surface area contributed by atoms with Gasteiger partial charge in [0, 0.05) is 31.2 Å². The molecule has 1 saturated carbocycles. The Morgan fingerprint density at radius 2 is 1.93 bits per heavy atom. The topological polar surface area (TPSA) is 56.9 Å². The van der Waals surface area contributed by atoms with Gasteiger partial charge < -0.3 is 19.3 Å². The zero-order valence-electron chi connectivity index (χ0n) is 17.5. The molecule has 1 aromatic heterocycles. The van der Waals surface area contributed by atoms with Gasteiger partial charge in [-0.2, -0.15) is 0 Å². The molecule has 1 aliphatic carbocycles. The summed E-state index contributed by atoms with van der Waals surface area (Å²) >= 11 is 0. The number of aliphatic hydroxyl groups is 1. The monoisotopic (exact) mass is 396 g/mol. The fourth-order valence-corrected chi connectivity index (χ4v) is 5.33. The first-order valence-corrected chi connectivity index (χ1v) is 11.0. The van der Waals surface area contributed by atoms with Crippen molar-refractivity contribution in [2.24, 2.45) is 5.92 Å². The smallest absolute Gasteiger partial charge is 0.290 e. The van der Waals surface area contributed by atoms with E-state index in [9.17, 15) is 9.90 Å². The Morgan fingerprint density at radius 3 is 2.59 bits per heavy atom. The Hall–Kier alpha value is -2.27. The highest BCUT2D eigenvalue weighted by atomic mass is 16.3. The molecule has 2 heterocycles. The first-order valence-electron chi connectivity index (χ1n) is 11.0. The van der Waals surface area contributed by atoms with Crippen LogP contribution in [0.1, 0.15) is 68.1 Å². The summed E-state index contributed by atoms with van der Waals surface area (Å²) in [7, 11) is 0. The maximum atomic E-state index is 13.2. The van der Waals surface area contributed by atoms with Gasteiger partial charge in [-0.15, -0.1) is 0 Å². The molecule has 0 spiro atoms. The van der Waals surface area contributed by atoms with Crippen molar-refractivity contribution in [2.75, 3.05) is 24.5 Å². The summed E-state index contributed by atoms with van der Waals surface area (Å²) in [5, 5.41) is 11.4. The predicted octanol–water partition coefficient (Wildman–Crippen LogP) is 4.63. The summed E-state index contributed by atoms with van der Waals surface area (Å²) in [5.41, 5.74) is 1.61. The largest absolute Gasteiger partial charge is 0.459 e. The number of carbonyl (C=O) groups excluding carboxylic acids is 1. The molecule has 4 rings (SSSR count). The SMILES string of the molecule is CCN(CC)c1ccc([C@@H]2[C@H]3CCCC[C@@]3(O)CCN2C(=O)c2ccco2)cc1. The lowest BCUT2D eigenvalue weighted by atomic mass is 9.66. The molecule has 1 aromatic carbocycles. The summed E-state index contributed by atoms with van der Waals surface area (Å²) < 4.78 is 5.41. The molecule has 2 aliphatic rings. The van der Waals surface area contributed by atoms with Crippen LogP contribution in [0.2, 0.25) is 0 Å². The van der Waals surface area contributed by atoms with Gasteiger partial charge in [-0.25, -0.2) is 0 Å². The minimum atomic E-state index is -0.680. The summed E-state index contributed by atoms with van der Waals surface area (Å²) in [5.74, 6) is 0.347. The van der Waals surface area contributed by atoms with E-state index in [1.165, 1.54) is 5.69 Å². The van der Waals surface area contributed by atoms with Crippen LogP contribution < -0.4 is 4.90 Å². The van der Waals surface area contributed by atoms with Crippen LogP contribution in [-0.2, 0) is 0 Å². The van der Waals surface area contributed by atoms with E-state index in [1.807, 2.05) is 4.90 Å². The van der Waals surface area contributed by atoms with E-state index in [2.05, 4.69) is 43.0 Å². The van der Waals surface area contributed by atoms with Crippen molar-refractivity contribution in [1.82, 2.24) is 4.90 Å². The van der Waals surface area contributed by atoms with Gasteiger partial charge >= 0.3 is 0 Å². The molecule has 0 radical (unpaired) electrons. The number of benzene rings is 1. The molecule has 1 N–H and O–H groups in total. The number of hydrogen-bond acceptors (Lipinski definition) is 4. The number of hydrogen-bond donors (Lipinski definition) is 1. The fraction of sp³-hybridized carbons (Fsp3) is 0.542. The highest BCUT2D eigenvalue weighted by Crippen LogP contribution is 2.49. The minimum Gasteiger partial charge on any atom is -0.459 e. The normalized spacial score (nSPS) is 26.8. The fourth-order valence-electron chi connectivity index (χ4n) is 5.33. The standard InChI is InChI=1S/C24H32N2O3/c1-3-25(4-2)19-12-10-18(11-13-19)22-20-8-5-6-14-24(20,28)15-16-26(22)23(27)21-9-7-17-29-21/h7,9-13,17,20,22,28H,3-6,8,14-16H2,1-2H3/t20-,22-,24-/m1/s1. The number of likely N-dealkylation sites (tertiary alicyclic amines) is 1. The molecule has 5 heteroatoms. The molecular formula is C24H32N2O3. The number of fused-ring (bicyclic) bond motifs is 1. The number of anilines is 1. The van der Waals surface area contributed by atoms with Crippen molar-refractivity contribution in [3.8, 4) is 0 Å². The molecule has 2 fully saturated rings. The van der Waals surface area contributed by atoms with E-state index in [4.69, 9.17) is 4.42 Å². The molecule has 1 amide bonds. The Kier molecular flexibility index (Phi) is 5.68. The first-order chi connectivity index (χ1) is 14.1. The third-order valence-corrected chi connectivity index (χ3v) is 6.92. The van der Waals surface area contributed by atoms with Crippen LogP contribution in [0, 0.1) is 5.92 Å². The van der Waals surface area contributed by atoms with Crippen molar-refractivity contribution in [3.63, 3.8) is 0 Å². The molecule has 29 heavy (non-hydrogen) atoms. The quantitative estimate of drug-likeness (QED) is 0.800. The summed E-state index contributed by atoms with van der Waals surface area (Å²) in [6, 6.07) is 11.9. The molecule has 3 atom stereocenters. The van der Waals surface area contributed by atoms with E-state index in [-0.39, 0.29) is 17.9 Å². The molecule has 1 saturated heterocycles. The summed E-state index contributed by atoms with van der Waals surface area (Å²) in [6.07, 6.45) is 6.12. The lowest BCUT2D eigenvalue weighted by Crippen LogP contribution is -2.56. The van der Waals surface area contributed by atoms with Gasteiger partial charge in [-0.3, -0.25) is 4.79 Å². The maximum Gasteiger partial charge on any atom is 0.290 e. The average molecular weight is 397 g/mol. The van der Waals surface area contributed by atoms with Crippen LogP contribution in [0.3, 0.4) is 0 Å². The summed E-state index contributed by atoms with van der Waals surface area (Å²) in [6.45, 7) is 6.79. The van der Waals surface area contributed by atoms with Gasteiger partial charge in [0.05, 0.1) is 17.9 Å². The van der Waals surface area contributed by atoms with E-state index in [0.717, 1.165) is 44.3 Å². The van der Waals surface area contributed by atoms with E-state index in [1.54, 1.807) is 18.4 Å². The van der Waals surface area contributed by atoms with E-state index < -0.39 is 5.60 Å². The predicted molar refractivity (Wildman–Crippen MR) is 114 cm³/mol. The minimum absolute atomic E-state index is 0.0585. The van der Waals surface area contributed by atoms with Gasteiger partial charge in [0.25, 0.3) is 5.91 Å². The van der Waals surface area contributed by atoms with Crippen LogP contribution in [0.25, 0.3) is 0 Å². The average Bonchev–Trinajstić information content (AvgIpc) is 3.28. The Morgan fingerprint density at radius 1 is 1.17 bits per heavy atom. The zero-order chi connectivity index (χ0) is 20.4. The number of nitrogens with zero attached hydrogens (tertiary/aromatic N) is 2.